The molecule has 0 saturated carbocycles. The van der Waals surface area contributed by atoms with Crippen LogP contribution in [0, 0.1) is 0 Å². The third-order valence-electron chi connectivity index (χ3n) is 2.03. The van der Waals surface area contributed by atoms with Gasteiger partial charge in [0.15, 0.2) is 0 Å². The Morgan fingerprint density at radius 2 is 1.73 bits per heavy atom. The van der Waals surface area contributed by atoms with Crippen LogP contribution < -0.4 is 0 Å². The molecular weight excluding hydrogens is 145 g/mol. The summed E-state index contributed by atoms with van der Waals surface area (Å²) in [5.41, 5.74) is 0. The lowest BCUT2D eigenvalue weighted by atomic mass is 10.5. The highest BCUT2D eigenvalue weighted by Gasteiger charge is 2.23. The van der Waals surface area contributed by atoms with E-state index in [1.54, 1.807) is 6.92 Å². The summed E-state index contributed by atoms with van der Waals surface area (Å²) in [4.78, 5) is 5.16. The highest BCUT2D eigenvalue weighted by atomic mass is 19.1. The van der Waals surface area contributed by atoms with Crippen LogP contribution in [0.4, 0.5) is 4.39 Å². The highest BCUT2D eigenvalue weighted by Crippen LogP contribution is 2.10. The first-order chi connectivity index (χ1) is 5.08. The summed E-state index contributed by atoms with van der Waals surface area (Å²) in [7, 11) is 1.89. The molecule has 0 aliphatic rings. The molecule has 0 saturated heterocycles. The molecule has 0 fully saturated rings. The number of nitrogens with zero attached hydrogens (tertiary/aromatic N) is 1. The number of rotatable bonds is 5. The molecular formula is C8H19FNO+. The van der Waals surface area contributed by atoms with Gasteiger partial charge in [0.05, 0.1) is 7.05 Å². The molecule has 0 bridgehead atoms. The molecule has 0 N–H and O–H groups in total. The van der Waals surface area contributed by atoms with E-state index in [-0.39, 0.29) is 0 Å². The quantitative estimate of drug-likeness (QED) is 0.446. The van der Waals surface area contributed by atoms with Crippen molar-refractivity contribution in [2.45, 2.75) is 33.5 Å². The maximum Gasteiger partial charge on any atom is 0.254 e. The largest absolute Gasteiger partial charge is 0.254 e. The zero-order chi connectivity index (χ0) is 8.91. The van der Waals surface area contributed by atoms with Gasteiger partial charge in [0.1, 0.15) is 13.1 Å². The van der Waals surface area contributed by atoms with Crippen LogP contribution in [0.2, 0.25) is 0 Å². The molecule has 0 aliphatic carbocycles. The van der Waals surface area contributed by atoms with Crippen molar-refractivity contribution in [2.75, 3.05) is 20.1 Å². The van der Waals surface area contributed by atoms with Crippen molar-refractivity contribution in [1.29, 1.82) is 0 Å². The van der Waals surface area contributed by atoms with Crippen molar-refractivity contribution in [3.8, 4) is 0 Å². The second-order valence-electron chi connectivity index (χ2n) is 2.85. The first-order valence-electron chi connectivity index (χ1n) is 4.25. The molecule has 0 aromatic heterocycles. The van der Waals surface area contributed by atoms with Crippen LogP contribution >= 0.6 is 0 Å². The van der Waals surface area contributed by atoms with Gasteiger partial charge in [0.2, 0.25) is 0 Å². The van der Waals surface area contributed by atoms with Crippen LogP contribution in [0.3, 0.4) is 0 Å². The Bertz CT molecular complexity index is 104. The lowest BCUT2D eigenvalue weighted by Crippen LogP contribution is -2.45. The van der Waals surface area contributed by atoms with E-state index in [0.29, 0.717) is 11.1 Å². The third kappa shape index (κ3) is 3.68. The van der Waals surface area contributed by atoms with Crippen molar-refractivity contribution < 1.29 is 13.9 Å². The van der Waals surface area contributed by atoms with Crippen LogP contribution in [-0.4, -0.2) is 31.1 Å². The van der Waals surface area contributed by atoms with Crippen molar-refractivity contribution >= 4 is 0 Å². The Morgan fingerprint density at radius 1 is 1.27 bits per heavy atom. The highest BCUT2D eigenvalue weighted by molar-refractivity contribution is 4.29. The summed E-state index contributed by atoms with van der Waals surface area (Å²) < 4.78 is 13.1. The second kappa shape index (κ2) is 4.67. The van der Waals surface area contributed by atoms with Gasteiger partial charge in [-0.25, -0.2) is 4.39 Å². The number of halogens is 1. The summed E-state index contributed by atoms with van der Waals surface area (Å²) in [6.45, 7) is 7.37. The fourth-order valence-electron chi connectivity index (χ4n) is 0.723. The molecule has 0 aromatic rings. The average molecular weight is 164 g/mol. The van der Waals surface area contributed by atoms with E-state index in [4.69, 9.17) is 4.84 Å². The van der Waals surface area contributed by atoms with Crippen LogP contribution in [0.5, 0.6) is 0 Å². The van der Waals surface area contributed by atoms with E-state index < -0.39 is 6.36 Å². The predicted octanol–water partition coefficient (Wildman–Crippen LogP) is 2.11. The van der Waals surface area contributed by atoms with Gasteiger partial charge in [-0.2, -0.15) is 9.48 Å². The molecule has 0 aliphatic heterocycles. The topological polar surface area (TPSA) is 9.23 Å². The van der Waals surface area contributed by atoms with Crippen molar-refractivity contribution in [3.05, 3.63) is 0 Å². The van der Waals surface area contributed by atoms with Gasteiger partial charge in [0.25, 0.3) is 6.36 Å². The fraction of sp³-hybridized carbons (Fsp3) is 1.00. The minimum atomic E-state index is -1.13. The van der Waals surface area contributed by atoms with Crippen LogP contribution in [-0.2, 0) is 4.84 Å². The van der Waals surface area contributed by atoms with Gasteiger partial charge in [-0.3, -0.25) is 0 Å². The van der Waals surface area contributed by atoms with E-state index in [1.807, 2.05) is 20.9 Å². The first-order valence-corrected chi connectivity index (χ1v) is 4.25. The Hall–Kier alpha value is -0.150. The first kappa shape index (κ1) is 10.8. The summed E-state index contributed by atoms with van der Waals surface area (Å²) in [5.74, 6) is 0. The number of hydrogen-bond acceptors (Lipinski definition) is 1. The van der Waals surface area contributed by atoms with E-state index in [0.717, 1.165) is 13.1 Å². The predicted molar refractivity (Wildman–Crippen MR) is 43.5 cm³/mol. The van der Waals surface area contributed by atoms with E-state index in [1.165, 1.54) is 0 Å². The molecule has 1 unspecified atom stereocenters. The van der Waals surface area contributed by atoms with Gasteiger partial charge < -0.3 is 0 Å². The molecule has 0 rings (SSSR count). The molecule has 68 valence electrons. The molecule has 1 atom stereocenters. The minimum Gasteiger partial charge on any atom is -0.210 e. The molecule has 0 amide bonds. The van der Waals surface area contributed by atoms with Gasteiger partial charge in [-0.15, -0.1) is 0 Å². The Kier molecular flexibility index (Phi) is 4.61. The van der Waals surface area contributed by atoms with Crippen LogP contribution in [0.1, 0.15) is 27.2 Å². The second-order valence-corrected chi connectivity index (χ2v) is 2.85. The van der Waals surface area contributed by atoms with Crippen molar-refractivity contribution in [2.24, 2.45) is 0 Å². The standard InChI is InChI=1S/C8H19FNO/c1-5-8(9)11-10(4,6-2)7-3/h8H,5-7H2,1-4H3/q+1. The van der Waals surface area contributed by atoms with Crippen LogP contribution in [0.25, 0.3) is 0 Å². The molecule has 3 heteroatoms. The smallest absolute Gasteiger partial charge is 0.210 e. The van der Waals surface area contributed by atoms with E-state index in [9.17, 15) is 4.39 Å². The number of alkyl halides is 1. The minimum absolute atomic E-state index is 0.356. The lowest BCUT2D eigenvalue weighted by Gasteiger charge is -2.29. The molecule has 0 radical (unpaired) electrons. The van der Waals surface area contributed by atoms with Crippen molar-refractivity contribution in [3.63, 3.8) is 0 Å². The summed E-state index contributed by atoms with van der Waals surface area (Å²) in [5, 5.41) is 0. The zero-order valence-corrected chi connectivity index (χ0v) is 7.93. The normalized spacial score (nSPS) is 15.0. The molecule has 0 aromatic carbocycles. The Balaban J connectivity index is 3.86. The van der Waals surface area contributed by atoms with Gasteiger partial charge in [0, 0.05) is 6.42 Å². The monoisotopic (exact) mass is 164 g/mol. The summed E-state index contributed by atoms with van der Waals surface area (Å²) >= 11 is 0. The Morgan fingerprint density at radius 3 is 2.00 bits per heavy atom. The molecule has 2 nitrogen and oxygen atoms in total. The number of hydroxylamine groups is 3. The van der Waals surface area contributed by atoms with Gasteiger partial charge in [-0.05, 0) is 13.8 Å². The molecule has 0 spiro atoms. The average Bonchev–Trinajstić information content (AvgIpc) is 2.04. The third-order valence-corrected chi connectivity index (χ3v) is 2.03. The maximum atomic E-state index is 12.8. The van der Waals surface area contributed by atoms with Crippen molar-refractivity contribution in [1.82, 2.24) is 0 Å². The summed E-state index contributed by atoms with van der Waals surface area (Å²) in [6.07, 6.45) is -0.701. The van der Waals surface area contributed by atoms with E-state index >= 15 is 0 Å². The summed E-state index contributed by atoms with van der Waals surface area (Å²) in [6, 6.07) is 0. The fourth-order valence-corrected chi connectivity index (χ4v) is 0.723. The number of hydrogen-bond donors (Lipinski definition) is 0. The van der Waals surface area contributed by atoms with Crippen LogP contribution in [0.15, 0.2) is 0 Å². The maximum absolute atomic E-state index is 12.8. The van der Waals surface area contributed by atoms with E-state index in [2.05, 4.69) is 0 Å². The molecule has 11 heavy (non-hydrogen) atoms. The SMILES string of the molecule is CCC(F)O[N+](C)(CC)CC. The van der Waals surface area contributed by atoms with Gasteiger partial charge >= 0.3 is 0 Å². The number of quaternary nitrogens is 1. The van der Waals surface area contributed by atoms with Gasteiger partial charge in [-0.1, -0.05) is 6.92 Å². The Labute approximate surface area is 68.5 Å². The molecule has 0 heterocycles. The lowest BCUT2D eigenvalue weighted by molar-refractivity contribution is -1.10. The zero-order valence-electron chi connectivity index (χ0n) is 7.93.